The Morgan fingerprint density at radius 1 is 1.22 bits per heavy atom. The molecule has 0 spiro atoms. The highest BCUT2D eigenvalue weighted by Gasteiger charge is 2.48. The first-order valence-electron chi connectivity index (χ1n) is 8.48. The van der Waals surface area contributed by atoms with Gasteiger partial charge in [0.05, 0.1) is 12.7 Å². The summed E-state index contributed by atoms with van der Waals surface area (Å²) in [6, 6.07) is 9.76. The average Bonchev–Trinajstić information content (AvgIpc) is 2.58. The van der Waals surface area contributed by atoms with Gasteiger partial charge in [-0.05, 0) is 13.3 Å². The minimum atomic E-state index is -0.712. The second kappa shape index (κ2) is 7.73. The van der Waals surface area contributed by atoms with Crippen molar-refractivity contribution in [2.24, 2.45) is 0 Å². The molecular weight excluding hydrogens is 296 g/mol. The smallest absolute Gasteiger partial charge is 0.184 e. The van der Waals surface area contributed by atoms with Crippen molar-refractivity contribution in [3.8, 4) is 0 Å². The van der Waals surface area contributed by atoms with Crippen LogP contribution in [0.1, 0.15) is 38.5 Å². The number of hydrogen-bond donors (Lipinski definition) is 1. The summed E-state index contributed by atoms with van der Waals surface area (Å²) in [7, 11) is 0. The third-order valence-corrected chi connectivity index (χ3v) is 4.46. The summed E-state index contributed by atoms with van der Waals surface area (Å²) in [6.45, 7) is 5.08. The Kier molecular flexibility index (Phi) is 5.67. The molecule has 128 valence electrons. The van der Waals surface area contributed by atoms with E-state index in [-0.39, 0.29) is 18.3 Å². The normalized spacial score (nSPS) is 37.3. The van der Waals surface area contributed by atoms with Gasteiger partial charge in [-0.15, -0.1) is 0 Å². The Balaban J connectivity index is 1.67. The summed E-state index contributed by atoms with van der Waals surface area (Å²) in [5, 5.41) is 10.7. The summed E-state index contributed by atoms with van der Waals surface area (Å²) in [4.78, 5) is 0. The number of aliphatic hydroxyl groups is 1. The summed E-state index contributed by atoms with van der Waals surface area (Å²) >= 11 is 0. The van der Waals surface area contributed by atoms with Gasteiger partial charge in [0.15, 0.2) is 6.29 Å². The van der Waals surface area contributed by atoms with Crippen LogP contribution in [0.4, 0.5) is 0 Å². The van der Waals surface area contributed by atoms with E-state index < -0.39 is 18.5 Å². The van der Waals surface area contributed by atoms with Gasteiger partial charge in [-0.2, -0.15) is 0 Å². The zero-order valence-corrected chi connectivity index (χ0v) is 13.8. The molecule has 23 heavy (non-hydrogen) atoms. The number of rotatable bonds is 5. The summed E-state index contributed by atoms with van der Waals surface area (Å²) in [5.41, 5.74) is 0.945. The molecule has 1 aromatic rings. The van der Waals surface area contributed by atoms with Gasteiger partial charge in [0.25, 0.3) is 0 Å². The molecule has 6 atom stereocenters. The van der Waals surface area contributed by atoms with Crippen molar-refractivity contribution in [3.05, 3.63) is 35.9 Å². The molecule has 1 N–H and O–H groups in total. The molecule has 5 nitrogen and oxygen atoms in total. The van der Waals surface area contributed by atoms with Crippen LogP contribution in [-0.2, 0) is 18.9 Å². The standard InChI is InChI=1S/C18H26O5/c1-3-4-10-20-16-12(2)22-14-11-21-18(23-17(14)15(16)19)13-8-6-5-7-9-13/h5-9,12,14-19H,3-4,10-11H2,1-2H3/t12-,14?,15?,16-,17-,18?/m1/s1. The van der Waals surface area contributed by atoms with Gasteiger partial charge in [0.2, 0.25) is 0 Å². The highest BCUT2D eigenvalue weighted by molar-refractivity contribution is 5.16. The van der Waals surface area contributed by atoms with Crippen molar-refractivity contribution in [1.82, 2.24) is 0 Å². The molecule has 0 saturated carbocycles. The number of aliphatic hydroxyl groups excluding tert-OH is 1. The van der Waals surface area contributed by atoms with Gasteiger partial charge < -0.3 is 24.1 Å². The SMILES string of the molecule is CCCCO[C@H]1C(O)[C@@H]2OC(c3ccccc3)OCC2O[C@@H]1C. The van der Waals surface area contributed by atoms with Gasteiger partial charge in [-0.25, -0.2) is 0 Å². The fourth-order valence-electron chi connectivity index (χ4n) is 3.16. The molecule has 5 heteroatoms. The predicted molar refractivity (Wildman–Crippen MR) is 85.0 cm³/mol. The van der Waals surface area contributed by atoms with E-state index >= 15 is 0 Å². The van der Waals surface area contributed by atoms with Crippen LogP contribution in [0.15, 0.2) is 30.3 Å². The molecule has 2 aliphatic heterocycles. The van der Waals surface area contributed by atoms with E-state index in [1.165, 1.54) is 0 Å². The van der Waals surface area contributed by atoms with Crippen molar-refractivity contribution in [2.45, 2.75) is 63.5 Å². The van der Waals surface area contributed by atoms with Gasteiger partial charge in [0.1, 0.15) is 24.4 Å². The third-order valence-electron chi connectivity index (χ3n) is 4.46. The lowest BCUT2D eigenvalue weighted by molar-refractivity contribution is -0.330. The topological polar surface area (TPSA) is 57.2 Å². The fourth-order valence-corrected chi connectivity index (χ4v) is 3.16. The molecule has 1 aromatic carbocycles. The van der Waals surface area contributed by atoms with Crippen molar-refractivity contribution in [3.63, 3.8) is 0 Å². The number of hydrogen-bond acceptors (Lipinski definition) is 5. The van der Waals surface area contributed by atoms with Gasteiger partial charge in [0, 0.05) is 12.2 Å². The molecule has 3 rings (SSSR count). The molecule has 2 aliphatic rings. The Bertz CT molecular complexity index is 480. The number of ether oxygens (including phenoxy) is 4. The van der Waals surface area contributed by atoms with Gasteiger partial charge >= 0.3 is 0 Å². The minimum Gasteiger partial charge on any atom is -0.387 e. The van der Waals surface area contributed by atoms with Crippen molar-refractivity contribution >= 4 is 0 Å². The summed E-state index contributed by atoms with van der Waals surface area (Å²) < 4.78 is 23.6. The minimum absolute atomic E-state index is 0.177. The van der Waals surface area contributed by atoms with E-state index in [1.807, 2.05) is 37.3 Å². The van der Waals surface area contributed by atoms with Crippen LogP contribution in [0.3, 0.4) is 0 Å². The predicted octanol–water partition coefficient (Wildman–Crippen LogP) is 2.43. The first-order valence-corrected chi connectivity index (χ1v) is 8.48. The van der Waals surface area contributed by atoms with Crippen LogP contribution in [0.5, 0.6) is 0 Å². The highest BCUT2D eigenvalue weighted by Crippen LogP contribution is 2.34. The Morgan fingerprint density at radius 2 is 2.00 bits per heavy atom. The monoisotopic (exact) mass is 322 g/mol. The molecule has 3 unspecified atom stereocenters. The van der Waals surface area contributed by atoms with E-state index in [1.54, 1.807) is 0 Å². The quantitative estimate of drug-likeness (QED) is 0.844. The molecule has 2 saturated heterocycles. The second-order valence-electron chi connectivity index (χ2n) is 6.24. The maximum Gasteiger partial charge on any atom is 0.184 e. The Morgan fingerprint density at radius 3 is 2.74 bits per heavy atom. The lowest BCUT2D eigenvalue weighted by atomic mass is 9.94. The van der Waals surface area contributed by atoms with Crippen LogP contribution >= 0.6 is 0 Å². The molecule has 0 radical (unpaired) electrons. The van der Waals surface area contributed by atoms with E-state index in [0.717, 1.165) is 18.4 Å². The lowest BCUT2D eigenvalue weighted by Gasteiger charge is -2.47. The van der Waals surface area contributed by atoms with Crippen LogP contribution in [-0.4, -0.2) is 48.8 Å². The van der Waals surface area contributed by atoms with Gasteiger partial charge in [-0.1, -0.05) is 43.7 Å². The second-order valence-corrected chi connectivity index (χ2v) is 6.24. The number of fused-ring (bicyclic) bond motifs is 1. The van der Waals surface area contributed by atoms with E-state index in [2.05, 4.69) is 6.92 Å². The first kappa shape index (κ1) is 16.9. The summed E-state index contributed by atoms with van der Waals surface area (Å²) in [5.74, 6) is 0. The highest BCUT2D eigenvalue weighted by atomic mass is 16.7. The molecule has 0 aliphatic carbocycles. The summed E-state index contributed by atoms with van der Waals surface area (Å²) in [6.07, 6.45) is -0.384. The molecule has 2 fully saturated rings. The molecule has 0 aromatic heterocycles. The molecule has 2 heterocycles. The van der Waals surface area contributed by atoms with E-state index in [9.17, 15) is 5.11 Å². The van der Waals surface area contributed by atoms with Crippen LogP contribution in [0.25, 0.3) is 0 Å². The third kappa shape index (κ3) is 3.75. The van der Waals surface area contributed by atoms with Crippen LogP contribution in [0, 0.1) is 0 Å². The first-order chi connectivity index (χ1) is 11.2. The molecule has 0 amide bonds. The van der Waals surface area contributed by atoms with Crippen molar-refractivity contribution in [1.29, 1.82) is 0 Å². The maximum absolute atomic E-state index is 10.7. The van der Waals surface area contributed by atoms with Crippen molar-refractivity contribution < 1.29 is 24.1 Å². The van der Waals surface area contributed by atoms with Gasteiger partial charge in [-0.3, -0.25) is 0 Å². The number of unbranched alkanes of at least 4 members (excludes halogenated alkanes) is 1. The lowest BCUT2D eigenvalue weighted by Crippen LogP contribution is -2.61. The molecule has 0 bridgehead atoms. The Hall–Kier alpha value is -0.980. The zero-order valence-electron chi connectivity index (χ0n) is 13.8. The van der Waals surface area contributed by atoms with E-state index in [4.69, 9.17) is 18.9 Å². The maximum atomic E-state index is 10.7. The van der Waals surface area contributed by atoms with E-state index in [0.29, 0.717) is 13.2 Å². The van der Waals surface area contributed by atoms with Crippen molar-refractivity contribution in [2.75, 3.05) is 13.2 Å². The van der Waals surface area contributed by atoms with Crippen LogP contribution in [0.2, 0.25) is 0 Å². The average molecular weight is 322 g/mol. The Labute approximate surface area is 137 Å². The largest absolute Gasteiger partial charge is 0.387 e. The fraction of sp³-hybridized carbons (Fsp3) is 0.667. The zero-order chi connectivity index (χ0) is 16.2. The molecular formula is C18H26O5. The number of benzene rings is 1. The van der Waals surface area contributed by atoms with Crippen LogP contribution < -0.4 is 0 Å².